The predicted molar refractivity (Wildman–Crippen MR) is 65.0 cm³/mol. The Morgan fingerprint density at radius 2 is 1.78 bits per heavy atom. The lowest BCUT2D eigenvalue weighted by Gasteiger charge is -2.16. The standard InChI is InChI=1S/C12H16N2O4/c1-2-3-10(18-12(14)16)8-4-6-9(7-5-8)17-11(13)15/h4-7,10H,2-3H2,1H3,(H2,13,15)(H2,14,16). The van der Waals surface area contributed by atoms with Crippen LogP contribution in [0.5, 0.6) is 5.75 Å². The minimum absolute atomic E-state index is 0.334. The molecule has 0 saturated heterocycles. The van der Waals surface area contributed by atoms with Gasteiger partial charge in [-0.2, -0.15) is 0 Å². The summed E-state index contributed by atoms with van der Waals surface area (Å²) in [6.07, 6.45) is -0.571. The van der Waals surface area contributed by atoms with Gasteiger partial charge in [-0.15, -0.1) is 0 Å². The minimum atomic E-state index is -0.874. The van der Waals surface area contributed by atoms with Crippen molar-refractivity contribution < 1.29 is 19.1 Å². The van der Waals surface area contributed by atoms with Crippen LogP contribution >= 0.6 is 0 Å². The summed E-state index contributed by atoms with van der Waals surface area (Å²) >= 11 is 0. The maximum atomic E-state index is 10.8. The number of ether oxygens (including phenoxy) is 2. The van der Waals surface area contributed by atoms with Gasteiger partial charge in [0.05, 0.1) is 0 Å². The maximum Gasteiger partial charge on any atom is 0.409 e. The van der Waals surface area contributed by atoms with Crippen molar-refractivity contribution in [3.05, 3.63) is 29.8 Å². The number of hydrogen-bond acceptors (Lipinski definition) is 4. The van der Waals surface area contributed by atoms with Crippen LogP contribution in [-0.2, 0) is 4.74 Å². The van der Waals surface area contributed by atoms with Crippen LogP contribution in [0.15, 0.2) is 24.3 Å². The fourth-order valence-corrected chi connectivity index (χ4v) is 1.56. The zero-order valence-electron chi connectivity index (χ0n) is 10.1. The summed E-state index contributed by atoms with van der Waals surface area (Å²) in [4.78, 5) is 21.3. The largest absolute Gasteiger partial charge is 0.442 e. The molecular formula is C12H16N2O4. The molecule has 0 fully saturated rings. The van der Waals surface area contributed by atoms with Gasteiger partial charge in [-0.25, -0.2) is 9.59 Å². The molecule has 1 unspecified atom stereocenters. The van der Waals surface area contributed by atoms with Crippen molar-refractivity contribution in [1.82, 2.24) is 0 Å². The van der Waals surface area contributed by atoms with Gasteiger partial charge in [0.15, 0.2) is 0 Å². The highest BCUT2D eigenvalue weighted by atomic mass is 16.6. The lowest BCUT2D eigenvalue weighted by atomic mass is 10.1. The minimum Gasteiger partial charge on any atom is -0.442 e. The van der Waals surface area contributed by atoms with Crippen molar-refractivity contribution >= 4 is 12.2 Å². The van der Waals surface area contributed by atoms with E-state index >= 15 is 0 Å². The molecule has 1 rings (SSSR count). The van der Waals surface area contributed by atoms with E-state index in [1.54, 1.807) is 24.3 Å². The van der Waals surface area contributed by atoms with E-state index in [0.29, 0.717) is 12.2 Å². The molecule has 1 atom stereocenters. The van der Waals surface area contributed by atoms with Gasteiger partial charge >= 0.3 is 12.2 Å². The molecule has 0 aromatic heterocycles. The number of amides is 2. The number of benzene rings is 1. The van der Waals surface area contributed by atoms with Crippen molar-refractivity contribution in [2.24, 2.45) is 11.5 Å². The van der Waals surface area contributed by atoms with Crippen LogP contribution in [0.4, 0.5) is 9.59 Å². The molecule has 0 radical (unpaired) electrons. The molecular weight excluding hydrogens is 236 g/mol. The molecule has 18 heavy (non-hydrogen) atoms. The highest BCUT2D eigenvalue weighted by molar-refractivity contribution is 5.68. The fraction of sp³-hybridized carbons (Fsp3) is 0.333. The average Bonchev–Trinajstić information content (AvgIpc) is 2.28. The third-order valence-electron chi connectivity index (χ3n) is 2.28. The Labute approximate surface area is 105 Å². The smallest absolute Gasteiger partial charge is 0.409 e. The SMILES string of the molecule is CCCC(OC(N)=O)c1ccc(OC(N)=O)cc1. The van der Waals surface area contributed by atoms with Crippen LogP contribution in [0.2, 0.25) is 0 Å². The molecule has 2 amide bonds. The summed E-state index contributed by atoms with van der Waals surface area (Å²) in [5, 5.41) is 0. The molecule has 0 bridgehead atoms. The first-order chi connectivity index (χ1) is 8.52. The topological polar surface area (TPSA) is 105 Å². The molecule has 1 aromatic carbocycles. The van der Waals surface area contributed by atoms with Crippen LogP contribution in [0.1, 0.15) is 31.4 Å². The van der Waals surface area contributed by atoms with Crippen molar-refractivity contribution in [1.29, 1.82) is 0 Å². The number of carbonyl (C=O) groups excluding carboxylic acids is 2. The Hall–Kier alpha value is -2.24. The van der Waals surface area contributed by atoms with Crippen LogP contribution in [-0.4, -0.2) is 12.2 Å². The second kappa shape index (κ2) is 6.48. The number of hydrogen-bond donors (Lipinski definition) is 2. The molecule has 1 aromatic rings. The summed E-state index contributed by atoms with van der Waals surface area (Å²) in [6.45, 7) is 1.97. The van der Waals surface area contributed by atoms with Gasteiger partial charge in [-0.3, -0.25) is 0 Å². The van der Waals surface area contributed by atoms with E-state index in [4.69, 9.17) is 20.9 Å². The van der Waals surface area contributed by atoms with E-state index in [9.17, 15) is 9.59 Å². The second-order valence-corrected chi connectivity index (χ2v) is 3.70. The molecule has 0 aliphatic carbocycles. The van der Waals surface area contributed by atoms with Crippen molar-refractivity contribution in [2.45, 2.75) is 25.9 Å². The van der Waals surface area contributed by atoms with E-state index in [1.807, 2.05) is 6.92 Å². The molecule has 0 spiro atoms. The summed E-state index contributed by atoms with van der Waals surface area (Å²) in [7, 11) is 0. The lowest BCUT2D eigenvalue weighted by molar-refractivity contribution is 0.101. The third-order valence-corrected chi connectivity index (χ3v) is 2.28. The monoisotopic (exact) mass is 252 g/mol. The molecule has 6 heteroatoms. The van der Waals surface area contributed by atoms with Crippen LogP contribution in [0.3, 0.4) is 0 Å². The van der Waals surface area contributed by atoms with Gasteiger partial charge in [0.2, 0.25) is 0 Å². The number of primary amides is 2. The first-order valence-electron chi connectivity index (χ1n) is 5.56. The quantitative estimate of drug-likeness (QED) is 0.836. The van der Waals surface area contributed by atoms with Gasteiger partial charge in [-0.1, -0.05) is 25.5 Å². The third kappa shape index (κ3) is 4.32. The summed E-state index contributed by atoms with van der Waals surface area (Å²) in [6, 6.07) is 6.54. The summed E-state index contributed by atoms with van der Waals surface area (Å²) < 4.78 is 9.70. The number of carbonyl (C=O) groups is 2. The van der Waals surface area contributed by atoms with Gasteiger partial charge in [0, 0.05) is 0 Å². The average molecular weight is 252 g/mol. The Balaban J connectivity index is 2.79. The normalized spacial score (nSPS) is 11.6. The molecule has 0 heterocycles. The maximum absolute atomic E-state index is 10.8. The van der Waals surface area contributed by atoms with Crippen LogP contribution in [0, 0.1) is 0 Å². The van der Waals surface area contributed by atoms with Gasteiger partial charge in [0.25, 0.3) is 0 Å². The zero-order valence-corrected chi connectivity index (χ0v) is 10.1. The number of rotatable bonds is 5. The van der Waals surface area contributed by atoms with E-state index in [2.05, 4.69) is 0 Å². The molecule has 0 aliphatic heterocycles. The zero-order chi connectivity index (χ0) is 13.5. The Morgan fingerprint density at radius 3 is 2.22 bits per heavy atom. The molecule has 0 saturated carbocycles. The van der Waals surface area contributed by atoms with Gasteiger partial charge < -0.3 is 20.9 Å². The molecule has 6 nitrogen and oxygen atoms in total. The molecule has 98 valence electrons. The van der Waals surface area contributed by atoms with Crippen molar-refractivity contribution in [3.63, 3.8) is 0 Å². The Morgan fingerprint density at radius 1 is 1.17 bits per heavy atom. The Kier molecular flexibility index (Phi) is 4.98. The Bertz CT molecular complexity index is 417. The first kappa shape index (κ1) is 13.8. The van der Waals surface area contributed by atoms with Crippen LogP contribution in [0.25, 0.3) is 0 Å². The summed E-state index contributed by atoms with van der Waals surface area (Å²) in [5.41, 5.74) is 10.7. The van der Waals surface area contributed by atoms with E-state index in [1.165, 1.54) is 0 Å². The highest BCUT2D eigenvalue weighted by Crippen LogP contribution is 2.24. The predicted octanol–water partition coefficient (Wildman–Crippen LogP) is 2.08. The van der Waals surface area contributed by atoms with Crippen molar-refractivity contribution in [2.75, 3.05) is 0 Å². The van der Waals surface area contributed by atoms with Crippen molar-refractivity contribution in [3.8, 4) is 5.75 Å². The van der Waals surface area contributed by atoms with E-state index in [-0.39, 0.29) is 0 Å². The molecule has 0 aliphatic rings. The second-order valence-electron chi connectivity index (χ2n) is 3.70. The van der Waals surface area contributed by atoms with Gasteiger partial charge in [0.1, 0.15) is 11.9 Å². The van der Waals surface area contributed by atoms with E-state index in [0.717, 1.165) is 12.0 Å². The lowest BCUT2D eigenvalue weighted by Crippen LogP contribution is -2.18. The van der Waals surface area contributed by atoms with E-state index < -0.39 is 18.3 Å². The fourth-order valence-electron chi connectivity index (χ4n) is 1.56. The number of nitrogens with two attached hydrogens (primary N) is 2. The molecule has 4 N–H and O–H groups in total. The van der Waals surface area contributed by atoms with Gasteiger partial charge in [-0.05, 0) is 24.1 Å². The van der Waals surface area contributed by atoms with Crippen LogP contribution < -0.4 is 16.2 Å². The summed E-state index contributed by atoms with van der Waals surface area (Å²) in [5.74, 6) is 0.334. The highest BCUT2D eigenvalue weighted by Gasteiger charge is 2.14. The first-order valence-corrected chi connectivity index (χ1v) is 5.56.